The summed E-state index contributed by atoms with van der Waals surface area (Å²) in [7, 11) is 0. The number of carbonyl (C=O) groups is 2. The van der Waals surface area contributed by atoms with E-state index >= 15 is 0 Å². The van der Waals surface area contributed by atoms with E-state index in [9.17, 15) is 19.7 Å². The Morgan fingerprint density at radius 3 is 2.72 bits per heavy atom. The van der Waals surface area contributed by atoms with Crippen LogP contribution in [0.1, 0.15) is 28.4 Å². The van der Waals surface area contributed by atoms with Gasteiger partial charge in [0, 0.05) is 17.8 Å². The number of anilines is 1. The highest BCUT2D eigenvalue weighted by Gasteiger charge is 2.14. The van der Waals surface area contributed by atoms with E-state index in [0.717, 1.165) is 29.3 Å². The van der Waals surface area contributed by atoms with Crippen molar-refractivity contribution in [3.05, 3.63) is 63.2 Å². The molecule has 2 rings (SSSR count). The van der Waals surface area contributed by atoms with Crippen LogP contribution in [0.25, 0.3) is 0 Å². The lowest BCUT2D eigenvalue weighted by Gasteiger charge is -2.13. The molecule has 2 aromatic carbocycles. The van der Waals surface area contributed by atoms with Crippen molar-refractivity contribution in [2.45, 2.75) is 20.3 Å². The molecule has 0 saturated carbocycles. The number of aldehydes is 1. The molecule has 0 aliphatic rings. The number of amides is 1. The predicted molar refractivity (Wildman–Crippen MR) is 93.2 cm³/mol. The SMILES string of the molecule is CCc1cccc(C)c1NC(=O)COc1ccc([N+](=O)[O-])cc1C=O. The van der Waals surface area contributed by atoms with Crippen LogP contribution in [0.4, 0.5) is 11.4 Å². The molecule has 1 amide bonds. The average molecular weight is 342 g/mol. The summed E-state index contributed by atoms with van der Waals surface area (Å²) in [4.78, 5) is 33.3. The molecule has 0 bridgehead atoms. The van der Waals surface area contributed by atoms with Gasteiger partial charge in [0.25, 0.3) is 11.6 Å². The summed E-state index contributed by atoms with van der Waals surface area (Å²) in [6.07, 6.45) is 1.23. The first kappa shape index (κ1) is 18.1. The number of nitrogens with zero attached hydrogens (tertiary/aromatic N) is 1. The zero-order valence-corrected chi connectivity index (χ0v) is 13.9. The number of aryl methyl sites for hydroxylation is 2. The third-order valence-electron chi connectivity index (χ3n) is 3.69. The molecule has 0 spiro atoms. The Balaban J connectivity index is 2.08. The van der Waals surface area contributed by atoms with E-state index in [0.29, 0.717) is 6.29 Å². The maximum atomic E-state index is 12.1. The number of para-hydroxylation sites is 1. The van der Waals surface area contributed by atoms with Crippen molar-refractivity contribution < 1.29 is 19.2 Å². The molecule has 7 heteroatoms. The Morgan fingerprint density at radius 1 is 1.32 bits per heavy atom. The van der Waals surface area contributed by atoms with Crippen molar-refractivity contribution in [3.63, 3.8) is 0 Å². The lowest BCUT2D eigenvalue weighted by Crippen LogP contribution is -2.21. The molecular weight excluding hydrogens is 324 g/mol. The molecule has 0 radical (unpaired) electrons. The summed E-state index contributed by atoms with van der Waals surface area (Å²) in [5, 5.41) is 13.5. The van der Waals surface area contributed by atoms with Crippen molar-refractivity contribution in [3.8, 4) is 5.75 Å². The number of nitrogens with one attached hydrogen (secondary N) is 1. The fourth-order valence-electron chi connectivity index (χ4n) is 2.39. The lowest BCUT2D eigenvalue weighted by molar-refractivity contribution is -0.384. The van der Waals surface area contributed by atoms with Gasteiger partial charge in [-0.1, -0.05) is 25.1 Å². The van der Waals surface area contributed by atoms with Crippen molar-refractivity contribution in [2.75, 3.05) is 11.9 Å². The maximum absolute atomic E-state index is 12.1. The van der Waals surface area contributed by atoms with Gasteiger partial charge in [-0.15, -0.1) is 0 Å². The molecule has 1 N–H and O–H groups in total. The van der Waals surface area contributed by atoms with Crippen LogP contribution in [0.2, 0.25) is 0 Å². The maximum Gasteiger partial charge on any atom is 0.270 e. The Hall–Kier alpha value is -3.22. The van der Waals surface area contributed by atoms with E-state index in [1.54, 1.807) is 0 Å². The standard InChI is InChI=1S/C18H18N2O5/c1-3-13-6-4-5-12(2)18(13)19-17(22)11-25-16-8-7-15(20(23)24)9-14(16)10-21/h4-10H,3,11H2,1-2H3,(H,19,22). The van der Waals surface area contributed by atoms with Crippen molar-refractivity contribution >= 4 is 23.6 Å². The molecule has 130 valence electrons. The number of nitro benzene ring substituents is 1. The van der Waals surface area contributed by atoms with Crippen LogP contribution in [0.5, 0.6) is 5.75 Å². The summed E-state index contributed by atoms with van der Waals surface area (Å²) >= 11 is 0. The zero-order valence-electron chi connectivity index (χ0n) is 13.9. The first-order valence-corrected chi connectivity index (χ1v) is 7.71. The number of rotatable bonds is 7. The van der Waals surface area contributed by atoms with Crippen LogP contribution in [0.3, 0.4) is 0 Å². The van der Waals surface area contributed by atoms with Crippen LogP contribution in [0, 0.1) is 17.0 Å². The topological polar surface area (TPSA) is 98.5 Å². The van der Waals surface area contributed by atoms with Crippen molar-refractivity contribution in [2.24, 2.45) is 0 Å². The van der Waals surface area contributed by atoms with Gasteiger partial charge in [0.15, 0.2) is 12.9 Å². The monoisotopic (exact) mass is 342 g/mol. The van der Waals surface area contributed by atoms with Crippen LogP contribution in [-0.2, 0) is 11.2 Å². The normalized spacial score (nSPS) is 10.2. The highest BCUT2D eigenvalue weighted by atomic mass is 16.6. The number of hydrogen-bond acceptors (Lipinski definition) is 5. The van der Waals surface area contributed by atoms with Crippen molar-refractivity contribution in [1.82, 2.24) is 0 Å². The van der Waals surface area contributed by atoms with Crippen LogP contribution in [-0.4, -0.2) is 23.7 Å². The Bertz CT molecular complexity index is 817. The molecule has 0 atom stereocenters. The van der Waals surface area contributed by atoms with E-state index in [1.165, 1.54) is 12.1 Å². The lowest BCUT2D eigenvalue weighted by atomic mass is 10.1. The summed E-state index contributed by atoms with van der Waals surface area (Å²) in [5.74, 6) is -0.254. The smallest absolute Gasteiger partial charge is 0.270 e. The van der Waals surface area contributed by atoms with Crippen LogP contribution >= 0.6 is 0 Å². The van der Waals surface area contributed by atoms with E-state index in [-0.39, 0.29) is 29.5 Å². The highest BCUT2D eigenvalue weighted by molar-refractivity contribution is 5.93. The van der Waals surface area contributed by atoms with Crippen molar-refractivity contribution in [1.29, 1.82) is 0 Å². The molecule has 25 heavy (non-hydrogen) atoms. The molecule has 0 aromatic heterocycles. The average Bonchev–Trinajstić information content (AvgIpc) is 2.61. The molecule has 0 aliphatic carbocycles. The summed E-state index contributed by atoms with van der Waals surface area (Å²) in [6.45, 7) is 3.58. The Kier molecular flexibility index (Phi) is 5.84. The number of nitro groups is 1. The Labute approximate surface area is 144 Å². The van der Waals surface area contributed by atoms with Gasteiger partial charge >= 0.3 is 0 Å². The molecular formula is C18H18N2O5. The van der Waals surface area contributed by atoms with Gasteiger partial charge in [-0.2, -0.15) is 0 Å². The molecule has 0 saturated heterocycles. The summed E-state index contributed by atoms with van der Waals surface area (Å²) in [6, 6.07) is 9.39. The molecule has 0 fully saturated rings. The third-order valence-corrected chi connectivity index (χ3v) is 3.69. The predicted octanol–water partition coefficient (Wildman–Crippen LogP) is 3.30. The largest absolute Gasteiger partial charge is 0.483 e. The first-order valence-electron chi connectivity index (χ1n) is 7.71. The van der Waals surface area contributed by atoms with E-state index in [4.69, 9.17) is 4.74 Å². The van der Waals surface area contributed by atoms with Gasteiger partial charge in [-0.05, 0) is 30.5 Å². The number of benzene rings is 2. The number of hydrogen-bond donors (Lipinski definition) is 1. The van der Waals surface area contributed by atoms with Gasteiger partial charge in [-0.25, -0.2) is 0 Å². The van der Waals surface area contributed by atoms with Crippen LogP contribution in [0.15, 0.2) is 36.4 Å². The Morgan fingerprint density at radius 2 is 2.08 bits per heavy atom. The highest BCUT2D eigenvalue weighted by Crippen LogP contribution is 2.23. The van der Waals surface area contributed by atoms with Gasteiger partial charge in [0.1, 0.15) is 5.75 Å². The quantitative estimate of drug-likeness (QED) is 0.473. The number of carbonyl (C=O) groups excluding carboxylic acids is 2. The second kappa shape index (κ2) is 8.05. The number of ether oxygens (including phenoxy) is 1. The fourth-order valence-corrected chi connectivity index (χ4v) is 2.39. The molecule has 0 unspecified atom stereocenters. The number of non-ortho nitro benzene ring substituents is 1. The van der Waals surface area contributed by atoms with Gasteiger partial charge < -0.3 is 10.1 Å². The molecule has 7 nitrogen and oxygen atoms in total. The van der Waals surface area contributed by atoms with Gasteiger partial charge in [0.05, 0.1) is 10.5 Å². The molecule has 0 heterocycles. The third kappa shape index (κ3) is 4.41. The van der Waals surface area contributed by atoms with E-state index < -0.39 is 4.92 Å². The minimum Gasteiger partial charge on any atom is -0.483 e. The second-order valence-corrected chi connectivity index (χ2v) is 5.40. The fraction of sp³-hybridized carbons (Fsp3) is 0.222. The van der Waals surface area contributed by atoms with E-state index in [2.05, 4.69) is 5.32 Å². The first-order chi connectivity index (χ1) is 12.0. The summed E-state index contributed by atoms with van der Waals surface area (Å²) in [5.41, 5.74) is 2.50. The molecule has 2 aromatic rings. The van der Waals surface area contributed by atoms with E-state index in [1.807, 2.05) is 32.0 Å². The minimum atomic E-state index is -0.603. The van der Waals surface area contributed by atoms with Crippen LogP contribution < -0.4 is 10.1 Å². The van der Waals surface area contributed by atoms with Gasteiger partial charge in [0.2, 0.25) is 0 Å². The minimum absolute atomic E-state index is 0.0205. The molecule has 0 aliphatic heterocycles. The summed E-state index contributed by atoms with van der Waals surface area (Å²) < 4.78 is 5.34. The van der Waals surface area contributed by atoms with Gasteiger partial charge in [-0.3, -0.25) is 19.7 Å². The second-order valence-electron chi connectivity index (χ2n) is 5.40. The zero-order chi connectivity index (χ0) is 18.4.